The maximum Gasteiger partial charge on any atom is 0.227 e. The molecule has 1 aromatic heterocycles. The zero-order valence-electron chi connectivity index (χ0n) is 17.6. The first-order valence-electron chi connectivity index (χ1n) is 10.4. The van der Waals surface area contributed by atoms with Crippen LogP contribution >= 0.6 is 0 Å². The van der Waals surface area contributed by atoms with Gasteiger partial charge in [-0.1, -0.05) is 30.3 Å². The molecular weight excluding hydrogens is 402 g/mol. The minimum absolute atomic E-state index is 0.0232. The van der Waals surface area contributed by atoms with Crippen LogP contribution < -0.4 is 9.80 Å². The Labute approximate surface area is 178 Å². The summed E-state index contributed by atoms with van der Waals surface area (Å²) in [6.07, 6.45) is 1.20. The van der Waals surface area contributed by atoms with E-state index in [-0.39, 0.29) is 5.75 Å². The van der Waals surface area contributed by atoms with Crippen molar-refractivity contribution in [3.8, 4) is 0 Å². The van der Waals surface area contributed by atoms with Gasteiger partial charge in [0.25, 0.3) is 0 Å². The van der Waals surface area contributed by atoms with Gasteiger partial charge in [0.2, 0.25) is 16.0 Å². The van der Waals surface area contributed by atoms with Gasteiger partial charge in [0.05, 0.1) is 24.7 Å². The summed E-state index contributed by atoms with van der Waals surface area (Å²) >= 11 is 0. The molecule has 0 bridgehead atoms. The Morgan fingerprint density at radius 1 is 1.00 bits per heavy atom. The Morgan fingerprint density at radius 2 is 1.70 bits per heavy atom. The number of aromatic nitrogens is 2. The number of morpholine rings is 1. The number of sulfonamides is 1. The van der Waals surface area contributed by atoms with E-state index in [0.29, 0.717) is 45.1 Å². The van der Waals surface area contributed by atoms with E-state index >= 15 is 0 Å². The smallest absolute Gasteiger partial charge is 0.227 e. The normalized spacial score (nSPS) is 18.0. The minimum Gasteiger partial charge on any atom is -0.378 e. The van der Waals surface area contributed by atoms with Gasteiger partial charge in [-0.05, 0) is 12.0 Å². The molecule has 4 rings (SSSR count). The molecule has 8 nitrogen and oxygen atoms in total. The van der Waals surface area contributed by atoms with Crippen LogP contribution in [0.1, 0.15) is 16.8 Å². The van der Waals surface area contributed by atoms with Crippen LogP contribution in [-0.2, 0) is 33.4 Å². The second-order valence-corrected chi connectivity index (χ2v) is 9.88. The first kappa shape index (κ1) is 21.0. The van der Waals surface area contributed by atoms with Gasteiger partial charge in [0, 0.05) is 52.3 Å². The first-order valence-corrected chi connectivity index (χ1v) is 12.0. The summed E-state index contributed by atoms with van der Waals surface area (Å²) in [6.45, 7) is 3.76. The Kier molecular flexibility index (Phi) is 6.21. The van der Waals surface area contributed by atoms with Crippen LogP contribution in [0.3, 0.4) is 0 Å². The Bertz CT molecular complexity index is 976. The van der Waals surface area contributed by atoms with Crippen LogP contribution in [0.5, 0.6) is 0 Å². The summed E-state index contributed by atoms with van der Waals surface area (Å²) in [5.41, 5.74) is 2.81. The van der Waals surface area contributed by atoms with Crippen molar-refractivity contribution in [2.24, 2.45) is 0 Å². The first-order chi connectivity index (χ1) is 14.4. The van der Waals surface area contributed by atoms with Crippen LogP contribution in [0, 0.1) is 0 Å². The predicted octanol–water partition coefficient (Wildman–Crippen LogP) is 1.31. The monoisotopic (exact) mass is 431 g/mol. The van der Waals surface area contributed by atoms with Crippen molar-refractivity contribution < 1.29 is 13.2 Å². The predicted molar refractivity (Wildman–Crippen MR) is 117 cm³/mol. The van der Waals surface area contributed by atoms with Crippen molar-refractivity contribution >= 4 is 21.8 Å². The molecule has 2 aromatic rings. The fourth-order valence-corrected chi connectivity index (χ4v) is 5.51. The quantitative estimate of drug-likeness (QED) is 0.706. The number of ether oxygens (including phenoxy) is 1. The highest BCUT2D eigenvalue weighted by molar-refractivity contribution is 7.88. The third kappa shape index (κ3) is 4.58. The van der Waals surface area contributed by atoms with E-state index in [2.05, 4.69) is 4.90 Å². The standard InChI is InChI=1S/C21H29N5O3S/c1-24(2)20-18-8-10-26(30(27,28)16-17-6-4-3-5-7-17)11-9-19(18)22-21(23-20)25-12-14-29-15-13-25/h3-7H,8-16H2,1-2H3. The fourth-order valence-electron chi connectivity index (χ4n) is 3.98. The van der Waals surface area contributed by atoms with Crippen LogP contribution in [0.15, 0.2) is 30.3 Å². The highest BCUT2D eigenvalue weighted by Crippen LogP contribution is 2.27. The molecular formula is C21H29N5O3S. The Balaban J connectivity index is 1.58. The van der Waals surface area contributed by atoms with E-state index in [1.54, 1.807) is 4.31 Å². The van der Waals surface area contributed by atoms with E-state index < -0.39 is 10.0 Å². The summed E-state index contributed by atoms with van der Waals surface area (Å²) in [7, 11) is 0.549. The van der Waals surface area contributed by atoms with Crippen molar-refractivity contribution in [3.05, 3.63) is 47.2 Å². The van der Waals surface area contributed by atoms with Crippen molar-refractivity contribution in [3.63, 3.8) is 0 Å². The number of hydrogen-bond donors (Lipinski definition) is 0. The third-order valence-electron chi connectivity index (χ3n) is 5.57. The molecule has 3 heterocycles. The average molecular weight is 432 g/mol. The molecule has 2 aliphatic heterocycles. The van der Waals surface area contributed by atoms with Gasteiger partial charge in [-0.3, -0.25) is 0 Å². The zero-order chi connectivity index (χ0) is 21.1. The maximum atomic E-state index is 13.0. The lowest BCUT2D eigenvalue weighted by molar-refractivity contribution is 0.122. The number of rotatable bonds is 5. The van der Waals surface area contributed by atoms with Gasteiger partial charge in [-0.2, -0.15) is 4.98 Å². The van der Waals surface area contributed by atoms with Gasteiger partial charge in [-0.15, -0.1) is 0 Å². The summed E-state index contributed by atoms with van der Waals surface area (Å²) in [4.78, 5) is 13.8. The van der Waals surface area contributed by atoms with Crippen LogP contribution in [0.25, 0.3) is 0 Å². The van der Waals surface area contributed by atoms with Gasteiger partial charge < -0.3 is 14.5 Å². The van der Waals surface area contributed by atoms with Crippen LogP contribution in [-0.4, -0.2) is 76.2 Å². The molecule has 30 heavy (non-hydrogen) atoms. The molecule has 0 unspecified atom stereocenters. The molecule has 0 N–H and O–H groups in total. The number of hydrogen-bond acceptors (Lipinski definition) is 7. The molecule has 9 heteroatoms. The van der Waals surface area contributed by atoms with Crippen molar-refractivity contribution in [1.29, 1.82) is 0 Å². The summed E-state index contributed by atoms with van der Waals surface area (Å²) in [5, 5.41) is 0. The lowest BCUT2D eigenvalue weighted by atomic mass is 10.1. The van der Waals surface area contributed by atoms with Gasteiger partial charge >= 0.3 is 0 Å². The molecule has 1 aromatic carbocycles. The molecule has 1 fully saturated rings. The SMILES string of the molecule is CN(C)c1nc(N2CCOCC2)nc2c1CCN(S(=O)(=O)Cc1ccccc1)CC2. The average Bonchev–Trinajstić information content (AvgIpc) is 2.97. The second-order valence-electron chi connectivity index (χ2n) is 7.91. The molecule has 0 radical (unpaired) electrons. The highest BCUT2D eigenvalue weighted by atomic mass is 32.2. The molecule has 0 atom stereocenters. The summed E-state index contributed by atoms with van der Waals surface area (Å²) in [5.74, 6) is 1.61. The number of nitrogens with zero attached hydrogens (tertiary/aromatic N) is 5. The third-order valence-corrected chi connectivity index (χ3v) is 7.42. The largest absolute Gasteiger partial charge is 0.378 e. The molecule has 0 saturated carbocycles. The highest BCUT2D eigenvalue weighted by Gasteiger charge is 2.28. The summed E-state index contributed by atoms with van der Waals surface area (Å²) < 4.78 is 33.2. The molecule has 0 aliphatic carbocycles. The Morgan fingerprint density at radius 3 is 2.40 bits per heavy atom. The van der Waals surface area contributed by atoms with Crippen LogP contribution in [0.4, 0.5) is 11.8 Å². The molecule has 2 aliphatic rings. The second kappa shape index (κ2) is 8.87. The van der Waals surface area contributed by atoms with E-state index in [9.17, 15) is 8.42 Å². The van der Waals surface area contributed by atoms with Gasteiger partial charge in [0.1, 0.15) is 5.82 Å². The lowest BCUT2D eigenvalue weighted by Gasteiger charge is -2.28. The number of benzene rings is 1. The Hall–Kier alpha value is -2.23. The van der Waals surface area contributed by atoms with Gasteiger partial charge in [0.15, 0.2) is 0 Å². The van der Waals surface area contributed by atoms with E-state index in [4.69, 9.17) is 14.7 Å². The molecule has 1 saturated heterocycles. The van der Waals surface area contributed by atoms with Crippen molar-refractivity contribution in [2.75, 3.05) is 63.3 Å². The topological polar surface area (TPSA) is 78.9 Å². The lowest BCUT2D eigenvalue weighted by Crippen LogP contribution is -2.38. The fraction of sp³-hybridized carbons (Fsp3) is 0.524. The molecule has 162 valence electrons. The van der Waals surface area contributed by atoms with Crippen molar-refractivity contribution in [2.45, 2.75) is 18.6 Å². The minimum atomic E-state index is -3.40. The van der Waals surface area contributed by atoms with Crippen molar-refractivity contribution in [1.82, 2.24) is 14.3 Å². The number of anilines is 2. The van der Waals surface area contributed by atoms with E-state index in [1.807, 2.05) is 49.3 Å². The van der Waals surface area contributed by atoms with Crippen LogP contribution in [0.2, 0.25) is 0 Å². The van der Waals surface area contributed by atoms with E-state index in [0.717, 1.165) is 35.7 Å². The maximum absolute atomic E-state index is 13.0. The number of fused-ring (bicyclic) bond motifs is 1. The molecule has 0 spiro atoms. The van der Waals surface area contributed by atoms with E-state index in [1.165, 1.54) is 0 Å². The van der Waals surface area contributed by atoms with Gasteiger partial charge in [-0.25, -0.2) is 17.7 Å². The zero-order valence-corrected chi connectivity index (χ0v) is 18.4. The molecule has 0 amide bonds. The summed E-state index contributed by atoms with van der Waals surface area (Å²) in [6, 6.07) is 9.35.